The van der Waals surface area contributed by atoms with Gasteiger partial charge in [-0.1, -0.05) is 50.2 Å². The Morgan fingerprint density at radius 1 is 1.36 bits per heavy atom. The number of carbonyl (C=O) groups is 1. The van der Waals surface area contributed by atoms with Gasteiger partial charge < -0.3 is 15.3 Å². The summed E-state index contributed by atoms with van der Waals surface area (Å²) < 4.78 is 0. The average Bonchev–Trinajstić information content (AvgIpc) is 2.57. The van der Waals surface area contributed by atoms with Gasteiger partial charge in [0.25, 0.3) is 0 Å². The average molecular weight is 348 g/mol. The predicted octanol–water partition coefficient (Wildman–Crippen LogP) is 3.38. The van der Waals surface area contributed by atoms with Gasteiger partial charge in [0, 0.05) is 6.42 Å². The molecule has 4 heteroatoms. The molecule has 4 nitrogen and oxygen atoms in total. The fraction of sp³-hybridized carbons (Fsp3) is 0.762. The van der Waals surface area contributed by atoms with Crippen LogP contribution in [0.3, 0.4) is 0 Å². The zero-order valence-electron chi connectivity index (χ0n) is 15.4. The molecule has 2 aliphatic carbocycles. The number of aliphatic hydroxyl groups excluding tert-OH is 2. The van der Waals surface area contributed by atoms with Crippen LogP contribution in [0.5, 0.6) is 0 Å². The van der Waals surface area contributed by atoms with Gasteiger partial charge in [0.15, 0.2) is 0 Å². The smallest absolute Gasteiger partial charge is 0.303 e. The van der Waals surface area contributed by atoms with Crippen LogP contribution in [0.25, 0.3) is 0 Å². The quantitative estimate of drug-likeness (QED) is 0.374. The molecule has 0 radical (unpaired) electrons. The molecule has 0 saturated heterocycles. The summed E-state index contributed by atoms with van der Waals surface area (Å²) in [5.74, 6) is 6.40. The third kappa shape index (κ3) is 5.09. The molecular weight excluding hydrogens is 316 g/mol. The number of carboxylic acid groups (broad SMARTS) is 1. The summed E-state index contributed by atoms with van der Waals surface area (Å²) in [5.41, 5.74) is 1.34. The number of aliphatic hydroxyl groups is 2. The maximum absolute atomic E-state index is 10.7. The van der Waals surface area contributed by atoms with Gasteiger partial charge >= 0.3 is 5.97 Å². The van der Waals surface area contributed by atoms with Crippen molar-refractivity contribution in [1.82, 2.24) is 0 Å². The molecule has 2 saturated carbocycles. The van der Waals surface area contributed by atoms with Gasteiger partial charge in [-0.2, -0.15) is 0 Å². The van der Waals surface area contributed by atoms with Crippen molar-refractivity contribution in [3.05, 3.63) is 11.6 Å². The Labute approximate surface area is 151 Å². The van der Waals surface area contributed by atoms with Gasteiger partial charge in [0.05, 0.1) is 12.0 Å². The Bertz CT molecular complexity index is 542. The molecule has 2 unspecified atom stereocenters. The SMILES string of the molecule is CCCCCC(O)C#C[C@@H]1[C@H]2C(C)C(=CCCC(=O)O)[C@@H]2CC[C@H]1O. The minimum absolute atomic E-state index is 0.0776. The molecule has 140 valence electrons. The van der Waals surface area contributed by atoms with E-state index in [2.05, 4.69) is 31.8 Å². The highest BCUT2D eigenvalue weighted by Crippen LogP contribution is 2.55. The van der Waals surface area contributed by atoms with Crippen molar-refractivity contribution in [2.75, 3.05) is 0 Å². The lowest BCUT2D eigenvalue weighted by Crippen LogP contribution is -2.50. The fourth-order valence-corrected chi connectivity index (χ4v) is 4.46. The van der Waals surface area contributed by atoms with Gasteiger partial charge in [0.2, 0.25) is 0 Å². The van der Waals surface area contributed by atoms with Crippen LogP contribution in [0.1, 0.15) is 65.2 Å². The van der Waals surface area contributed by atoms with E-state index < -0.39 is 18.2 Å². The summed E-state index contributed by atoms with van der Waals surface area (Å²) in [5, 5.41) is 29.2. The number of fused-ring (bicyclic) bond motifs is 1. The largest absolute Gasteiger partial charge is 0.481 e. The van der Waals surface area contributed by atoms with Crippen LogP contribution in [-0.2, 0) is 4.79 Å². The normalized spacial score (nSPS) is 33.8. The molecule has 0 amide bonds. The van der Waals surface area contributed by atoms with Crippen LogP contribution in [0.2, 0.25) is 0 Å². The third-order valence-electron chi connectivity index (χ3n) is 5.83. The minimum Gasteiger partial charge on any atom is -0.481 e. The Hall–Kier alpha value is -1.31. The van der Waals surface area contributed by atoms with Crippen molar-refractivity contribution in [3.63, 3.8) is 0 Å². The number of hydrogen-bond acceptors (Lipinski definition) is 3. The second-order valence-corrected chi connectivity index (χ2v) is 7.58. The maximum atomic E-state index is 10.7. The summed E-state index contributed by atoms with van der Waals surface area (Å²) >= 11 is 0. The summed E-state index contributed by atoms with van der Waals surface area (Å²) in [7, 11) is 0. The minimum atomic E-state index is -0.764. The lowest BCUT2D eigenvalue weighted by atomic mass is 9.51. The van der Waals surface area contributed by atoms with E-state index in [1.807, 2.05) is 0 Å². The van der Waals surface area contributed by atoms with E-state index in [-0.39, 0.29) is 12.3 Å². The molecule has 0 bridgehead atoms. The number of carboxylic acids is 1. The van der Waals surface area contributed by atoms with E-state index in [0.717, 1.165) is 32.1 Å². The van der Waals surface area contributed by atoms with Crippen LogP contribution in [0.4, 0.5) is 0 Å². The maximum Gasteiger partial charge on any atom is 0.303 e. The van der Waals surface area contributed by atoms with Gasteiger partial charge in [-0.25, -0.2) is 0 Å². The summed E-state index contributed by atoms with van der Waals surface area (Å²) in [4.78, 5) is 10.7. The lowest BCUT2D eigenvalue weighted by Gasteiger charge is -2.53. The second kappa shape index (κ2) is 9.40. The molecule has 2 fully saturated rings. The molecule has 6 atom stereocenters. The van der Waals surface area contributed by atoms with Crippen LogP contribution < -0.4 is 0 Å². The van der Waals surface area contributed by atoms with E-state index in [9.17, 15) is 15.0 Å². The van der Waals surface area contributed by atoms with Crippen molar-refractivity contribution in [3.8, 4) is 11.8 Å². The number of aliphatic carboxylic acids is 1. The van der Waals surface area contributed by atoms with E-state index in [1.54, 1.807) is 0 Å². The molecule has 0 heterocycles. The van der Waals surface area contributed by atoms with Gasteiger partial charge in [-0.3, -0.25) is 4.79 Å². The molecule has 0 aromatic rings. The van der Waals surface area contributed by atoms with Crippen molar-refractivity contribution in [2.24, 2.45) is 23.7 Å². The monoisotopic (exact) mass is 348 g/mol. The topological polar surface area (TPSA) is 77.8 Å². The zero-order valence-corrected chi connectivity index (χ0v) is 15.4. The van der Waals surface area contributed by atoms with Crippen LogP contribution in [-0.4, -0.2) is 33.5 Å². The van der Waals surface area contributed by atoms with Gasteiger partial charge in [-0.05, 0) is 49.9 Å². The summed E-state index contributed by atoms with van der Waals surface area (Å²) in [6.45, 7) is 4.29. The second-order valence-electron chi connectivity index (χ2n) is 7.58. The highest BCUT2D eigenvalue weighted by molar-refractivity contribution is 5.66. The molecule has 2 aliphatic rings. The first kappa shape index (κ1) is 20.0. The van der Waals surface area contributed by atoms with Crippen LogP contribution >= 0.6 is 0 Å². The molecule has 25 heavy (non-hydrogen) atoms. The van der Waals surface area contributed by atoms with Crippen molar-refractivity contribution in [2.45, 2.75) is 77.4 Å². The van der Waals surface area contributed by atoms with E-state index in [1.165, 1.54) is 5.57 Å². The summed E-state index contributed by atoms with van der Waals surface area (Å²) in [6.07, 6.45) is 7.42. The highest BCUT2D eigenvalue weighted by atomic mass is 16.4. The Morgan fingerprint density at radius 3 is 2.80 bits per heavy atom. The van der Waals surface area contributed by atoms with E-state index >= 15 is 0 Å². The van der Waals surface area contributed by atoms with Crippen molar-refractivity contribution < 1.29 is 20.1 Å². The van der Waals surface area contributed by atoms with Gasteiger partial charge in [0.1, 0.15) is 6.10 Å². The molecule has 0 aromatic heterocycles. The number of hydrogen-bond donors (Lipinski definition) is 3. The standard InChI is InChI=1S/C21H32O4/c1-3-4-5-7-15(22)10-11-18-19(23)13-12-17-16(14(2)21(17)18)8-6-9-20(24)25/h8,14-15,17-19,21-23H,3-7,9,12-13H2,1-2H3,(H,24,25)/t14?,15?,17-,18-,19+,21-/m0/s1. The van der Waals surface area contributed by atoms with Crippen LogP contribution in [0, 0.1) is 35.5 Å². The Morgan fingerprint density at radius 2 is 2.12 bits per heavy atom. The zero-order chi connectivity index (χ0) is 18.4. The highest BCUT2D eigenvalue weighted by Gasteiger charge is 2.50. The van der Waals surface area contributed by atoms with Gasteiger partial charge in [-0.15, -0.1) is 0 Å². The molecular formula is C21H32O4. The predicted molar refractivity (Wildman–Crippen MR) is 97.8 cm³/mol. The number of rotatable bonds is 7. The van der Waals surface area contributed by atoms with Crippen molar-refractivity contribution in [1.29, 1.82) is 0 Å². The first-order valence-electron chi connectivity index (χ1n) is 9.74. The number of unbranched alkanes of at least 4 members (excludes halogenated alkanes) is 2. The molecule has 2 rings (SSSR count). The van der Waals surface area contributed by atoms with Crippen LogP contribution in [0.15, 0.2) is 11.6 Å². The molecule has 0 spiro atoms. The molecule has 0 aromatic carbocycles. The lowest BCUT2D eigenvalue weighted by molar-refractivity contribution is -0.136. The van der Waals surface area contributed by atoms with E-state index in [4.69, 9.17) is 5.11 Å². The van der Waals surface area contributed by atoms with E-state index in [0.29, 0.717) is 30.6 Å². The first-order valence-corrected chi connectivity index (χ1v) is 9.74. The Kier molecular flexibility index (Phi) is 7.53. The fourth-order valence-electron chi connectivity index (χ4n) is 4.46. The third-order valence-corrected chi connectivity index (χ3v) is 5.83. The molecule has 3 N–H and O–H groups in total. The number of allylic oxidation sites excluding steroid dienone is 2. The first-order chi connectivity index (χ1) is 12.0. The Balaban J connectivity index is 1.97. The molecule has 0 aliphatic heterocycles. The van der Waals surface area contributed by atoms with Crippen molar-refractivity contribution >= 4 is 5.97 Å². The summed E-state index contributed by atoms with van der Waals surface area (Å²) in [6, 6.07) is 0.